The van der Waals surface area contributed by atoms with E-state index in [9.17, 15) is 4.79 Å². The maximum atomic E-state index is 12.9. The first-order chi connectivity index (χ1) is 11.6. The van der Waals surface area contributed by atoms with Gasteiger partial charge in [0, 0.05) is 58.4 Å². The van der Waals surface area contributed by atoms with Crippen LogP contribution < -0.4 is 0 Å². The molecule has 0 unspecified atom stereocenters. The van der Waals surface area contributed by atoms with E-state index in [1.165, 1.54) is 43.5 Å². The SMILES string of the molecule is CN1CCN(C(=O)c2nn(C)c3c2CN(CC2CCCC2)C3)CC1. The van der Waals surface area contributed by atoms with Gasteiger partial charge in [0.25, 0.3) is 5.91 Å². The minimum atomic E-state index is 0.127. The molecule has 0 N–H and O–H groups in total. The molecular weight excluding hydrogens is 302 g/mol. The van der Waals surface area contributed by atoms with E-state index in [4.69, 9.17) is 0 Å². The normalized spacial score (nSPS) is 23.2. The highest BCUT2D eigenvalue weighted by atomic mass is 16.2. The van der Waals surface area contributed by atoms with Crippen molar-refractivity contribution >= 4 is 5.91 Å². The highest BCUT2D eigenvalue weighted by molar-refractivity contribution is 5.94. The van der Waals surface area contributed by atoms with Crippen molar-refractivity contribution in [2.75, 3.05) is 39.8 Å². The standard InChI is InChI=1S/C18H29N5O/c1-20-7-9-23(10-8-20)18(24)17-15-12-22(11-14-5-3-4-6-14)13-16(15)21(2)19-17/h14H,3-13H2,1-2H3. The largest absolute Gasteiger partial charge is 0.335 e. The van der Waals surface area contributed by atoms with Crippen molar-refractivity contribution in [1.82, 2.24) is 24.5 Å². The Kier molecular flexibility index (Phi) is 4.35. The Balaban J connectivity index is 1.47. The summed E-state index contributed by atoms with van der Waals surface area (Å²) in [5, 5.41) is 4.58. The molecule has 3 aliphatic rings. The van der Waals surface area contributed by atoms with E-state index in [1.54, 1.807) is 0 Å². The van der Waals surface area contributed by atoms with Gasteiger partial charge in [0.15, 0.2) is 5.69 Å². The number of rotatable bonds is 3. The van der Waals surface area contributed by atoms with Crippen molar-refractivity contribution in [3.8, 4) is 0 Å². The van der Waals surface area contributed by atoms with Gasteiger partial charge >= 0.3 is 0 Å². The van der Waals surface area contributed by atoms with E-state index in [-0.39, 0.29) is 5.91 Å². The number of likely N-dealkylation sites (N-methyl/N-ethyl adjacent to an activating group) is 1. The summed E-state index contributed by atoms with van der Waals surface area (Å²) >= 11 is 0. The maximum Gasteiger partial charge on any atom is 0.274 e. The molecule has 0 bridgehead atoms. The van der Waals surface area contributed by atoms with Crippen LogP contribution in [0.1, 0.15) is 47.4 Å². The van der Waals surface area contributed by atoms with E-state index in [0.29, 0.717) is 5.69 Å². The fraction of sp³-hybridized carbons (Fsp3) is 0.778. The summed E-state index contributed by atoms with van der Waals surface area (Å²) in [5.41, 5.74) is 3.12. The molecule has 132 valence electrons. The second kappa shape index (κ2) is 6.48. The van der Waals surface area contributed by atoms with Gasteiger partial charge in [0.1, 0.15) is 0 Å². The number of aromatic nitrogens is 2. The average Bonchev–Trinajstić information content (AvgIpc) is 3.27. The molecule has 2 fully saturated rings. The lowest BCUT2D eigenvalue weighted by Gasteiger charge is -2.32. The van der Waals surface area contributed by atoms with Gasteiger partial charge in [-0.1, -0.05) is 12.8 Å². The molecule has 4 rings (SSSR count). The third-order valence-corrected chi connectivity index (χ3v) is 6.01. The predicted molar refractivity (Wildman–Crippen MR) is 92.7 cm³/mol. The smallest absolute Gasteiger partial charge is 0.274 e. The lowest BCUT2D eigenvalue weighted by molar-refractivity contribution is 0.0655. The average molecular weight is 331 g/mol. The Morgan fingerprint density at radius 1 is 1.08 bits per heavy atom. The zero-order chi connectivity index (χ0) is 16.7. The topological polar surface area (TPSA) is 44.6 Å². The molecule has 3 heterocycles. The summed E-state index contributed by atoms with van der Waals surface area (Å²) < 4.78 is 1.94. The number of aryl methyl sites for hydroxylation is 1. The molecule has 0 radical (unpaired) electrons. The number of hydrogen-bond acceptors (Lipinski definition) is 4. The molecule has 0 spiro atoms. The Labute approximate surface area is 144 Å². The van der Waals surface area contributed by atoms with Crippen molar-refractivity contribution in [2.24, 2.45) is 13.0 Å². The minimum absolute atomic E-state index is 0.127. The van der Waals surface area contributed by atoms with Crippen molar-refractivity contribution in [2.45, 2.75) is 38.8 Å². The van der Waals surface area contributed by atoms with Gasteiger partial charge in [-0.05, 0) is 25.8 Å². The van der Waals surface area contributed by atoms with Crippen LogP contribution >= 0.6 is 0 Å². The highest BCUT2D eigenvalue weighted by Crippen LogP contribution is 2.31. The van der Waals surface area contributed by atoms with Crippen molar-refractivity contribution in [3.05, 3.63) is 17.0 Å². The Morgan fingerprint density at radius 3 is 2.50 bits per heavy atom. The molecular formula is C18H29N5O. The molecule has 1 saturated carbocycles. The fourth-order valence-corrected chi connectivity index (χ4v) is 4.48. The third-order valence-electron chi connectivity index (χ3n) is 6.01. The van der Waals surface area contributed by atoms with Crippen LogP contribution in [0, 0.1) is 5.92 Å². The molecule has 1 aromatic heterocycles. The van der Waals surface area contributed by atoms with Crippen LogP contribution in [0.3, 0.4) is 0 Å². The van der Waals surface area contributed by atoms with Crippen LogP contribution in [0.5, 0.6) is 0 Å². The second-order valence-electron chi connectivity index (χ2n) is 7.81. The van der Waals surface area contributed by atoms with Gasteiger partial charge in [-0.3, -0.25) is 14.4 Å². The van der Waals surface area contributed by atoms with Gasteiger partial charge in [0.2, 0.25) is 0 Å². The predicted octanol–water partition coefficient (Wildman–Crippen LogP) is 1.31. The number of amides is 1. The van der Waals surface area contributed by atoms with Crippen LogP contribution in [-0.4, -0.2) is 70.2 Å². The molecule has 1 amide bonds. The summed E-state index contributed by atoms with van der Waals surface area (Å²) in [4.78, 5) is 19.7. The molecule has 0 atom stereocenters. The number of fused-ring (bicyclic) bond motifs is 1. The summed E-state index contributed by atoms with van der Waals surface area (Å²) in [6, 6.07) is 0. The Bertz CT molecular complexity index is 611. The van der Waals surface area contributed by atoms with E-state index in [0.717, 1.165) is 45.2 Å². The van der Waals surface area contributed by atoms with E-state index >= 15 is 0 Å². The molecule has 2 aliphatic heterocycles. The Morgan fingerprint density at radius 2 is 1.79 bits per heavy atom. The molecule has 1 aromatic rings. The fourth-order valence-electron chi connectivity index (χ4n) is 4.48. The zero-order valence-corrected chi connectivity index (χ0v) is 15.0. The number of carbonyl (C=O) groups is 1. The van der Waals surface area contributed by atoms with Gasteiger partial charge < -0.3 is 9.80 Å². The number of hydrogen-bond donors (Lipinski definition) is 0. The molecule has 6 heteroatoms. The van der Waals surface area contributed by atoms with Crippen molar-refractivity contribution in [3.63, 3.8) is 0 Å². The molecule has 1 saturated heterocycles. The van der Waals surface area contributed by atoms with Crippen molar-refractivity contribution < 1.29 is 4.79 Å². The van der Waals surface area contributed by atoms with E-state index in [2.05, 4.69) is 21.9 Å². The second-order valence-corrected chi connectivity index (χ2v) is 7.81. The maximum absolute atomic E-state index is 12.9. The number of nitrogens with zero attached hydrogens (tertiary/aromatic N) is 5. The first kappa shape index (κ1) is 16.1. The molecule has 1 aliphatic carbocycles. The van der Waals surface area contributed by atoms with Gasteiger partial charge in [-0.15, -0.1) is 0 Å². The molecule has 0 aromatic carbocycles. The summed E-state index contributed by atoms with van der Waals surface area (Å²) in [6.45, 7) is 6.55. The van der Waals surface area contributed by atoms with Gasteiger partial charge in [0.05, 0.1) is 5.69 Å². The monoisotopic (exact) mass is 331 g/mol. The lowest BCUT2D eigenvalue weighted by atomic mass is 10.1. The summed E-state index contributed by atoms with van der Waals surface area (Å²) in [7, 11) is 4.10. The highest BCUT2D eigenvalue weighted by Gasteiger charge is 2.33. The van der Waals surface area contributed by atoms with Crippen molar-refractivity contribution in [1.29, 1.82) is 0 Å². The quantitative estimate of drug-likeness (QED) is 0.838. The van der Waals surface area contributed by atoms with Crippen LogP contribution in [0.25, 0.3) is 0 Å². The molecule has 24 heavy (non-hydrogen) atoms. The number of carbonyl (C=O) groups excluding carboxylic acids is 1. The van der Waals surface area contributed by atoms with E-state index in [1.807, 2.05) is 16.6 Å². The van der Waals surface area contributed by atoms with Crippen LogP contribution in [0.2, 0.25) is 0 Å². The lowest BCUT2D eigenvalue weighted by Crippen LogP contribution is -2.47. The Hall–Kier alpha value is -1.40. The summed E-state index contributed by atoms with van der Waals surface area (Å²) in [5.74, 6) is 0.978. The first-order valence-corrected chi connectivity index (χ1v) is 9.36. The van der Waals surface area contributed by atoms with Gasteiger partial charge in [-0.2, -0.15) is 5.10 Å². The first-order valence-electron chi connectivity index (χ1n) is 9.36. The zero-order valence-electron chi connectivity index (χ0n) is 15.0. The van der Waals surface area contributed by atoms with Gasteiger partial charge in [-0.25, -0.2) is 0 Å². The summed E-state index contributed by atoms with van der Waals surface area (Å²) in [6.07, 6.45) is 5.52. The third kappa shape index (κ3) is 2.97. The van der Waals surface area contributed by atoms with Crippen LogP contribution in [0.15, 0.2) is 0 Å². The van der Waals surface area contributed by atoms with E-state index < -0.39 is 0 Å². The minimum Gasteiger partial charge on any atom is -0.335 e. The van der Waals surface area contributed by atoms with Crippen LogP contribution in [0.4, 0.5) is 0 Å². The van der Waals surface area contributed by atoms with Crippen LogP contribution in [-0.2, 0) is 20.1 Å². The number of piperazine rings is 1. The molecule has 6 nitrogen and oxygen atoms in total.